The fraction of sp³-hybridized carbons (Fsp3) is 0.0625. The number of rotatable bonds is 2. The van der Waals surface area contributed by atoms with Crippen LogP contribution < -0.4 is 5.73 Å². The van der Waals surface area contributed by atoms with Crippen LogP contribution in [0.3, 0.4) is 0 Å². The fourth-order valence-electron chi connectivity index (χ4n) is 2.05. The Bertz CT molecular complexity index is 839. The average molecular weight is 406 g/mol. The van der Waals surface area contributed by atoms with Gasteiger partial charge in [-0.15, -0.1) is 10.2 Å². The number of nitrogen functional groups attached to an aromatic ring is 1. The van der Waals surface area contributed by atoms with Gasteiger partial charge in [0.25, 0.3) is 0 Å². The number of fused-ring (bicyclic) bond motifs is 1. The minimum atomic E-state index is -0.765. The standard InChI is InChI=1S/C16H15IN4O/c1-11-5-4-8-16(17-21(11)22)20-19-15-10-9-14(18)12-6-2-3-7-13(12)15/h2-10,22H,18H2,1H3. The van der Waals surface area contributed by atoms with Crippen LogP contribution >= 0.6 is 21.0 Å². The molecule has 1 heterocycles. The van der Waals surface area contributed by atoms with Crippen molar-refractivity contribution in [2.45, 2.75) is 6.92 Å². The molecule has 0 saturated heterocycles. The van der Waals surface area contributed by atoms with Crippen molar-refractivity contribution in [1.82, 2.24) is 3.28 Å². The van der Waals surface area contributed by atoms with E-state index in [4.69, 9.17) is 5.73 Å². The summed E-state index contributed by atoms with van der Waals surface area (Å²) in [6, 6.07) is 11.6. The predicted molar refractivity (Wildman–Crippen MR) is 98.4 cm³/mol. The summed E-state index contributed by atoms with van der Waals surface area (Å²) in [7, 11) is 0. The molecule has 1 aliphatic heterocycles. The summed E-state index contributed by atoms with van der Waals surface area (Å²) in [5, 5.41) is 20.5. The Morgan fingerprint density at radius 3 is 2.68 bits per heavy atom. The van der Waals surface area contributed by atoms with Crippen LogP contribution in [0.2, 0.25) is 0 Å². The van der Waals surface area contributed by atoms with Crippen LogP contribution in [0.25, 0.3) is 10.8 Å². The van der Waals surface area contributed by atoms with Gasteiger partial charge in [0.15, 0.2) is 0 Å². The van der Waals surface area contributed by atoms with E-state index in [-0.39, 0.29) is 0 Å². The van der Waals surface area contributed by atoms with Gasteiger partial charge in [-0.3, -0.25) is 5.21 Å². The molecule has 0 fully saturated rings. The van der Waals surface area contributed by atoms with E-state index in [1.807, 2.05) is 61.5 Å². The summed E-state index contributed by atoms with van der Waals surface area (Å²) >= 11 is -0.765. The first-order valence-electron chi connectivity index (χ1n) is 6.70. The summed E-state index contributed by atoms with van der Waals surface area (Å²) in [5.41, 5.74) is 8.30. The number of anilines is 1. The monoisotopic (exact) mass is 406 g/mol. The van der Waals surface area contributed by atoms with Crippen molar-refractivity contribution in [3.05, 3.63) is 60.3 Å². The van der Waals surface area contributed by atoms with E-state index < -0.39 is 21.0 Å². The molecule has 0 bridgehead atoms. The average Bonchev–Trinajstić information content (AvgIpc) is 2.69. The first-order chi connectivity index (χ1) is 10.6. The zero-order chi connectivity index (χ0) is 15.5. The molecule has 0 aromatic heterocycles. The quantitative estimate of drug-likeness (QED) is 0.329. The van der Waals surface area contributed by atoms with E-state index in [1.54, 1.807) is 0 Å². The van der Waals surface area contributed by atoms with E-state index in [1.165, 1.54) is 3.28 Å². The number of hydrogen-bond acceptors (Lipinski definition) is 5. The fourth-order valence-corrected chi connectivity index (χ4v) is 3.63. The predicted octanol–water partition coefficient (Wildman–Crippen LogP) is 4.69. The molecule has 112 valence electrons. The molecule has 0 spiro atoms. The third kappa shape index (κ3) is 3.07. The van der Waals surface area contributed by atoms with Crippen molar-refractivity contribution < 1.29 is 5.21 Å². The van der Waals surface area contributed by atoms with Gasteiger partial charge < -0.3 is 5.73 Å². The minimum Gasteiger partial charge on any atom is -0.398 e. The van der Waals surface area contributed by atoms with E-state index in [0.717, 1.165) is 31.5 Å². The van der Waals surface area contributed by atoms with Crippen molar-refractivity contribution >= 4 is 46.8 Å². The molecule has 6 heteroatoms. The molecule has 1 aliphatic rings. The lowest BCUT2D eigenvalue weighted by molar-refractivity contribution is 0.0779. The van der Waals surface area contributed by atoms with Gasteiger partial charge in [-0.05, 0) is 31.2 Å². The highest BCUT2D eigenvalue weighted by atomic mass is 127. The summed E-state index contributed by atoms with van der Waals surface area (Å²) in [4.78, 5) is 0. The molecule has 0 atom stereocenters. The number of nitrogens with two attached hydrogens (primary N) is 1. The second-order valence-electron chi connectivity index (χ2n) is 4.75. The third-order valence-corrected chi connectivity index (χ3v) is 5.50. The highest BCUT2D eigenvalue weighted by Crippen LogP contribution is 2.30. The van der Waals surface area contributed by atoms with Crippen molar-refractivity contribution in [3.63, 3.8) is 0 Å². The number of azo groups is 1. The number of hydroxylamine groups is 1. The van der Waals surface area contributed by atoms with Gasteiger partial charge in [-0.25, -0.2) is 3.28 Å². The maximum atomic E-state index is 9.87. The molecule has 2 aromatic rings. The molecule has 3 N–H and O–H groups in total. The second kappa shape index (κ2) is 6.37. The SMILES string of the molecule is CC1=CC=CC(N=Nc2ccc(N)c3ccccc23)=IN1O. The van der Waals surface area contributed by atoms with Crippen LogP contribution in [-0.2, 0) is 0 Å². The molecule has 22 heavy (non-hydrogen) atoms. The van der Waals surface area contributed by atoms with Crippen molar-refractivity contribution in [1.29, 1.82) is 0 Å². The van der Waals surface area contributed by atoms with Crippen molar-refractivity contribution in [2.75, 3.05) is 5.73 Å². The molecule has 2 aromatic carbocycles. The van der Waals surface area contributed by atoms with Crippen LogP contribution in [0.4, 0.5) is 11.4 Å². The molecule has 0 aliphatic carbocycles. The van der Waals surface area contributed by atoms with Gasteiger partial charge >= 0.3 is 0 Å². The zero-order valence-electron chi connectivity index (χ0n) is 11.9. The molecule has 0 saturated carbocycles. The summed E-state index contributed by atoms with van der Waals surface area (Å²) in [5.74, 6) is 0. The van der Waals surface area contributed by atoms with Crippen LogP contribution in [0.5, 0.6) is 0 Å². The first-order valence-corrected chi connectivity index (χ1v) is 8.74. The highest BCUT2D eigenvalue weighted by Gasteiger charge is 2.05. The number of allylic oxidation sites excluding steroid dienone is 3. The van der Waals surface area contributed by atoms with Crippen molar-refractivity contribution in [3.8, 4) is 0 Å². The van der Waals surface area contributed by atoms with E-state index in [0.29, 0.717) is 0 Å². The topological polar surface area (TPSA) is 74.2 Å². The Morgan fingerprint density at radius 2 is 1.86 bits per heavy atom. The lowest BCUT2D eigenvalue weighted by atomic mass is 10.1. The van der Waals surface area contributed by atoms with Gasteiger partial charge in [-0.2, -0.15) is 0 Å². The maximum Gasteiger partial charge on any atom is 0.137 e. The normalized spacial score (nSPS) is 15.5. The molecule has 5 nitrogen and oxygen atoms in total. The molecular formula is C16H15IN4O. The summed E-state index contributed by atoms with van der Waals surface area (Å²) in [6.07, 6.45) is 5.61. The van der Waals surface area contributed by atoms with Gasteiger partial charge in [0, 0.05) is 22.2 Å². The lowest BCUT2D eigenvalue weighted by Crippen LogP contribution is -2.02. The molecule has 3 rings (SSSR count). The Balaban J connectivity index is 1.97. The van der Waals surface area contributed by atoms with Gasteiger partial charge in [0.05, 0.1) is 26.7 Å². The largest absolute Gasteiger partial charge is 0.398 e. The number of hydrogen-bond donors (Lipinski definition) is 2. The lowest BCUT2D eigenvalue weighted by Gasteiger charge is -2.08. The van der Waals surface area contributed by atoms with Gasteiger partial charge in [0.2, 0.25) is 0 Å². The Morgan fingerprint density at radius 1 is 1.09 bits per heavy atom. The molecule has 0 amide bonds. The maximum absolute atomic E-state index is 9.87. The van der Waals surface area contributed by atoms with Crippen LogP contribution in [0, 0.1) is 0 Å². The van der Waals surface area contributed by atoms with E-state index in [9.17, 15) is 5.21 Å². The minimum absolute atomic E-state index is 0.727. The Kier molecular flexibility index (Phi) is 4.30. The van der Waals surface area contributed by atoms with E-state index in [2.05, 4.69) is 10.2 Å². The van der Waals surface area contributed by atoms with Crippen LogP contribution in [-0.4, -0.2) is 12.1 Å². The number of benzene rings is 2. The highest BCUT2D eigenvalue weighted by molar-refractivity contribution is 14.2. The van der Waals surface area contributed by atoms with Crippen molar-refractivity contribution in [2.24, 2.45) is 10.2 Å². The Hall–Kier alpha value is -2.06. The molecule has 0 unspecified atom stereocenters. The second-order valence-corrected chi connectivity index (χ2v) is 7.26. The van der Waals surface area contributed by atoms with Gasteiger partial charge in [0.1, 0.15) is 3.63 Å². The molecule has 0 radical (unpaired) electrons. The Labute approximate surface area is 138 Å². The molecular weight excluding hydrogens is 391 g/mol. The summed E-state index contributed by atoms with van der Waals surface area (Å²) < 4.78 is 2.05. The van der Waals surface area contributed by atoms with Gasteiger partial charge in [-0.1, -0.05) is 30.3 Å². The zero-order valence-corrected chi connectivity index (χ0v) is 14.1. The number of halogens is 1. The number of nitrogens with zero attached hydrogens (tertiary/aromatic N) is 3. The van der Waals surface area contributed by atoms with Crippen LogP contribution in [0.1, 0.15) is 6.92 Å². The smallest absolute Gasteiger partial charge is 0.137 e. The third-order valence-electron chi connectivity index (χ3n) is 3.22. The van der Waals surface area contributed by atoms with Crippen LogP contribution in [0.15, 0.2) is 70.6 Å². The van der Waals surface area contributed by atoms with E-state index >= 15 is 0 Å². The summed E-state index contributed by atoms with van der Waals surface area (Å²) in [6.45, 7) is 1.86. The first kappa shape index (κ1) is 14.9.